The summed E-state index contributed by atoms with van der Waals surface area (Å²) in [5.74, 6) is 0.903. The van der Waals surface area contributed by atoms with Crippen LogP contribution in [0.25, 0.3) is 0 Å². The van der Waals surface area contributed by atoms with Crippen LogP contribution in [0, 0.1) is 7.05 Å². The second-order valence-corrected chi connectivity index (χ2v) is 2.98. The number of nitrogens with one attached hydrogen (secondary N) is 1. The molecule has 0 heterocycles. The summed E-state index contributed by atoms with van der Waals surface area (Å²) in [4.78, 5) is 1.18. The quantitative estimate of drug-likeness (QED) is 0.644. The molecule has 12 heavy (non-hydrogen) atoms. The van der Waals surface area contributed by atoms with Crippen molar-refractivity contribution in [1.29, 1.82) is 0 Å². The van der Waals surface area contributed by atoms with Gasteiger partial charge in [0.05, 0.1) is 13.7 Å². The Bertz CT molecular complexity index is 228. The van der Waals surface area contributed by atoms with E-state index in [0.717, 1.165) is 12.3 Å². The Hall–Kier alpha value is -1.02. The number of rotatable bonds is 3. The fourth-order valence-corrected chi connectivity index (χ4v) is 1.09. The number of ether oxygens (including phenoxy) is 1. The minimum Gasteiger partial charge on any atom is -0.497 e. The van der Waals surface area contributed by atoms with Crippen molar-refractivity contribution in [3.8, 4) is 5.75 Å². The summed E-state index contributed by atoms with van der Waals surface area (Å²) < 4.78 is 5.05. The van der Waals surface area contributed by atoms with Crippen LogP contribution < -0.4 is 9.64 Å². The van der Waals surface area contributed by atoms with E-state index in [1.54, 1.807) is 7.11 Å². The third kappa shape index (κ3) is 2.55. The highest BCUT2D eigenvalue weighted by molar-refractivity contribution is 5.26. The van der Waals surface area contributed by atoms with Gasteiger partial charge in [-0.05, 0) is 24.3 Å². The molecular formula is C10H15NO. The lowest BCUT2D eigenvalue weighted by molar-refractivity contribution is -0.846. The average molecular weight is 165 g/mol. The molecule has 1 rings (SSSR count). The molecule has 0 saturated carbocycles. The van der Waals surface area contributed by atoms with Gasteiger partial charge >= 0.3 is 0 Å². The van der Waals surface area contributed by atoms with Crippen LogP contribution in [-0.2, 0) is 6.54 Å². The Morgan fingerprint density at radius 2 is 1.92 bits per heavy atom. The van der Waals surface area contributed by atoms with Gasteiger partial charge in [0.15, 0.2) is 0 Å². The number of hydrogen-bond donors (Lipinski definition) is 1. The van der Waals surface area contributed by atoms with Gasteiger partial charge in [-0.15, -0.1) is 0 Å². The van der Waals surface area contributed by atoms with E-state index in [9.17, 15) is 0 Å². The predicted octanol–water partition coefficient (Wildman–Crippen LogP) is 0.501. The summed E-state index contributed by atoms with van der Waals surface area (Å²) in [7, 11) is 7.57. The van der Waals surface area contributed by atoms with E-state index in [1.165, 1.54) is 10.5 Å². The Balaban J connectivity index is 2.65. The van der Waals surface area contributed by atoms with Crippen molar-refractivity contribution in [2.45, 2.75) is 6.54 Å². The van der Waals surface area contributed by atoms with E-state index in [0.29, 0.717) is 0 Å². The molecule has 0 aliphatic rings. The van der Waals surface area contributed by atoms with E-state index < -0.39 is 0 Å². The Morgan fingerprint density at radius 1 is 1.33 bits per heavy atom. The van der Waals surface area contributed by atoms with Crippen LogP contribution in [-0.4, -0.2) is 14.2 Å². The van der Waals surface area contributed by atoms with Crippen LogP contribution >= 0.6 is 0 Å². The zero-order valence-electron chi connectivity index (χ0n) is 7.63. The predicted molar refractivity (Wildman–Crippen MR) is 48.9 cm³/mol. The van der Waals surface area contributed by atoms with Crippen molar-refractivity contribution in [2.24, 2.45) is 0 Å². The van der Waals surface area contributed by atoms with Gasteiger partial charge in [0.2, 0.25) is 0 Å². The van der Waals surface area contributed by atoms with Crippen LogP contribution in [0.2, 0.25) is 0 Å². The fourth-order valence-electron chi connectivity index (χ4n) is 1.09. The molecule has 1 N–H and O–H groups in total. The number of hydrogen-bond acceptors (Lipinski definition) is 1. The zero-order valence-corrected chi connectivity index (χ0v) is 7.63. The normalized spacial score (nSPS) is 12.6. The van der Waals surface area contributed by atoms with Gasteiger partial charge in [-0.1, -0.05) is 0 Å². The highest BCUT2D eigenvalue weighted by Gasteiger charge is 1.94. The van der Waals surface area contributed by atoms with Gasteiger partial charge in [-0.2, -0.15) is 7.05 Å². The Kier molecular flexibility index (Phi) is 3.11. The zero-order chi connectivity index (χ0) is 8.97. The molecule has 1 aromatic carbocycles. The van der Waals surface area contributed by atoms with Crippen molar-refractivity contribution in [3.05, 3.63) is 36.9 Å². The molecule has 0 aliphatic heterocycles. The maximum atomic E-state index is 5.05. The molecule has 0 saturated heterocycles. The summed E-state index contributed by atoms with van der Waals surface area (Å²) >= 11 is 0. The molecule has 0 spiro atoms. The van der Waals surface area contributed by atoms with Gasteiger partial charge < -0.3 is 9.64 Å². The topological polar surface area (TPSA) is 13.7 Å². The molecule has 2 nitrogen and oxygen atoms in total. The maximum absolute atomic E-state index is 5.05. The molecule has 2 heteroatoms. The van der Waals surface area contributed by atoms with E-state index in [2.05, 4.69) is 19.2 Å². The third-order valence-corrected chi connectivity index (χ3v) is 1.66. The second kappa shape index (κ2) is 4.12. The van der Waals surface area contributed by atoms with E-state index >= 15 is 0 Å². The van der Waals surface area contributed by atoms with Crippen LogP contribution in [0.4, 0.5) is 0 Å². The van der Waals surface area contributed by atoms with Crippen molar-refractivity contribution >= 4 is 0 Å². The van der Waals surface area contributed by atoms with Crippen molar-refractivity contribution < 1.29 is 9.64 Å². The van der Waals surface area contributed by atoms with E-state index in [1.807, 2.05) is 19.2 Å². The summed E-state index contributed by atoms with van der Waals surface area (Å²) in [5, 5.41) is 0. The van der Waals surface area contributed by atoms with Crippen LogP contribution in [0.1, 0.15) is 5.56 Å². The van der Waals surface area contributed by atoms with Crippen LogP contribution in [0.15, 0.2) is 24.3 Å². The SMILES string of the molecule is [CH2-][NH+](C)Cc1ccc(OC)cc1. The summed E-state index contributed by atoms with van der Waals surface area (Å²) in [5.41, 5.74) is 1.28. The van der Waals surface area contributed by atoms with Crippen LogP contribution in [0.3, 0.4) is 0 Å². The highest BCUT2D eigenvalue weighted by atomic mass is 16.5. The lowest BCUT2D eigenvalue weighted by Crippen LogP contribution is -3.01. The van der Waals surface area contributed by atoms with Crippen molar-refractivity contribution in [1.82, 2.24) is 0 Å². The van der Waals surface area contributed by atoms with Gasteiger partial charge in [0.25, 0.3) is 0 Å². The van der Waals surface area contributed by atoms with Gasteiger partial charge in [-0.3, -0.25) is 0 Å². The third-order valence-electron chi connectivity index (χ3n) is 1.66. The molecule has 0 aliphatic carbocycles. The molecule has 1 aromatic rings. The Labute approximate surface area is 73.8 Å². The summed E-state index contributed by atoms with van der Waals surface area (Å²) in [6.07, 6.45) is 0. The van der Waals surface area contributed by atoms with Crippen molar-refractivity contribution in [2.75, 3.05) is 14.2 Å². The summed E-state index contributed by atoms with van der Waals surface area (Å²) in [6, 6.07) is 8.07. The summed E-state index contributed by atoms with van der Waals surface area (Å²) in [6.45, 7) is 0.948. The monoisotopic (exact) mass is 165 g/mol. The van der Waals surface area contributed by atoms with Gasteiger partial charge in [-0.25, -0.2) is 0 Å². The molecule has 1 unspecified atom stereocenters. The molecule has 1 atom stereocenters. The first-order valence-electron chi connectivity index (χ1n) is 3.99. The Morgan fingerprint density at radius 3 is 2.33 bits per heavy atom. The standard InChI is InChI=1S/C10H15NO/c1-11(2)8-9-4-6-10(12-3)7-5-9/h4-7,11H,1,8H2,2-3H3. The molecule has 0 amide bonds. The lowest BCUT2D eigenvalue weighted by Gasteiger charge is -2.13. The smallest absolute Gasteiger partial charge is 0.118 e. The fraction of sp³-hybridized carbons (Fsp3) is 0.300. The minimum absolute atomic E-state index is 0.903. The molecule has 66 valence electrons. The molecule has 0 fully saturated rings. The minimum atomic E-state index is 0.903. The second-order valence-electron chi connectivity index (χ2n) is 2.98. The number of benzene rings is 1. The first-order valence-corrected chi connectivity index (χ1v) is 3.99. The maximum Gasteiger partial charge on any atom is 0.118 e. The highest BCUT2D eigenvalue weighted by Crippen LogP contribution is 2.10. The first kappa shape index (κ1) is 9.07. The number of methoxy groups -OCH3 is 1. The first-order chi connectivity index (χ1) is 5.72. The average Bonchev–Trinajstić information content (AvgIpc) is 2.05. The van der Waals surface area contributed by atoms with Crippen LogP contribution in [0.5, 0.6) is 5.75 Å². The van der Waals surface area contributed by atoms with E-state index in [4.69, 9.17) is 4.74 Å². The molecule has 0 radical (unpaired) electrons. The van der Waals surface area contributed by atoms with Crippen molar-refractivity contribution in [3.63, 3.8) is 0 Å². The van der Waals surface area contributed by atoms with Gasteiger partial charge in [0, 0.05) is 12.6 Å². The van der Waals surface area contributed by atoms with E-state index in [-0.39, 0.29) is 0 Å². The largest absolute Gasteiger partial charge is 0.497 e. The lowest BCUT2D eigenvalue weighted by atomic mass is 10.2. The number of quaternary nitrogens is 1. The molecule has 0 aromatic heterocycles. The van der Waals surface area contributed by atoms with Gasteiger partial charge in [0.1, 0.15) is 5.75 Å². The molecular weight excluding hydrogens is 150 g/mol. The molecule has 0 bridgehead atoms.